The minimum Gasteiger partial charge on any atom is -0.396 e. The van der Waals surface area contributed by atoms with E-state index in [4.69, 9.17) is 27.9 Å². The van der Waals surface area contributed by atoms with Crippen LogP contribution in [0, 0.1) is 5.41 Å². The van der Waals surface area contributed by atoms with Crippen molar-refractivity contribution in [2.75, 3.05) is 26.4 Å². The van der Waals surface area contributed by atoms with Crippen molar-refractivity contribution in [1.82, 2.24) is 5.32 Å². The third-order valence-electron chi connectivity index (χ3n) is 4.17. The average Bonchev–Trinajstić information content (AvgIpc) is 2.77. The molecular formula is C14H17Cl2NO2. The molecule has 19 heavy (non-hydrogen) atoms. The molecule has 5 heteroatoms. The van der Waals surface area contributed by atoms with Gasteiger partial charge in [0.2, 0.25) is 0 Å². The van der Waals surface area contributed by atoms with E-state index < -0.39 is 0 Å². The SMILES string of the molecule is OCC1(CNC2CCc3c2ccc(Cl)c3Cl)COC1. The van der Waals surface area contributed by atoms with Crippen molar-refractivity contribution >= 4 is 23.2 Å². The van der Waals surface area contributed by atoms with E-state index in [0.717, 1.165) is 24.9 Å². The Bertz CT molecular complexity index is 483. The second kappa shape index (κ2) is 5.23. The molecule has 0 spiro atoms. The molecular weight excluding hydrogens is 285 g/mol. The normalized spacial score (nSPS) is 24.1. The van der Waals surface area contributed by atoms with Gasteiger partial charge >= 0.3 is 0 Å². The highest BCUT2D eigenvalue weighted by Gasteiger charge is 2.39. The van der Waals surface area contributed by atoms with Gasteiger partial charge < -0.3 is 15.2 Å². The topological polar surface area (TPSA) is 41.5 Å². The lowest BCUT2D eigenvalue weighted by molar-refractivity contribution is -0.135. The lowest BCUT2D eigenvalue weighted by Crippen LogP contribution is -2.52. The number of aliphatic hydroxyl groups is 1. The first-order valence-corrected chi connectivity index (χ1v) is 7.30. The molecule has 1 fully saturated rings. The largest absolute Gasteiger partial charge is 0.396 e. The Morgan fingerprint density at radius 3 is 2.79 bits per heavy atom. The van der Waals surface area contributed by atoms with Crippen LogP contribution in [0.3, 0.4) is 0 Å². The van der Waals surface area contributed by atoms with Crippen LogP contribution in [0.25, 0.3) is 0 Å². The van der Waals surface area contributed by atoms with Crippen LogP contribution < -0.4 is 5.32 Å². The third kappa shape index (κ3) is 2.39. The van der Waals surface area contributed by atoms with Crippen molar-refractivity contribution < 1.29 is 9.84 Å². The van der Waals surface area contributed by atoms with E-state index in [-0.39, 0.29) is 12.0 Å². The van der Waals surface area contributed by atoms with E-state index in [1.807, 2.05) is 6.07 Å². The summed E-state index contributed by atoms with van der Waals surface area (Å²) in [6.07, 6.45) is 1.98. The van der Waals surface area contributed by atoms with Crippen LogP contribution in [-0.2, 0) is 11.2 Å². The summed E-state index contributed by atoms with van der Waals surface area (Å²) in [7, 11) is 0. The van der Waals surface area contributed by atoms with Gasteiger partial charge in [-0.15, -0.1) is 0 Å². The molecule has 3 rings (SSSR count). The Morgan fingerprint density at radius 1 is 1.37 bits per heavy atom. The van der Waals surface area contributed by atoms with E-state index in [2.05, 4.69) is 11.4 Å². The number of halogens is 2. The molecule has 1 aromatic carbocycles. The minimum atomic E-state index is -0.0982. The highest BCUT2D eigenvalue weighted by atomic mass is 35.5. The van der Waals surface area contributed by atoms with Gasteiger partial charge in [-0.2, -0.15) is 0 Å². The van der Waals surface area contributed by atoms with Crippen LogP contribution in [0.2, 0.25) is 10.0 Å². The van der Waals surface area contributed by atoms with E-state index >= 15 is 0 Å². The summed E-state index contributed by atoms with van der Waals surface area (Å²) in [5.41, 5.74) is 2.30. The Labute approximate surface area is 122 Å². The maximum absolute atomic E-state index is 9.43. The molecule has 1 atom stereocenters. The highest BCUT2D eigenvalue weighted by molar-refractivity contribution is 6.42. The first kappa shape index (κ1) is 13.7. The predicted molar refractivity (Wildman–Crippen MR) is 75.9 cm³/mol. The van der Waals surface area contributed by atoms with Crippen molar-refractivity contribution in [2.45, 2.75) is 18.9 Å². The molecule has 1 heterocycles. The van der Waals surface area contributed by atoms with Gasteiger partial charge in [0, 0.05) is 12.6 Å². The number of fused-ring (bicyclic) bond motifs is 1. The van der Waals surface area contributed by atoms with E-state index in [1.165, 1.54) is 5.56 Å². The summed E-state index contributed by atoms with van der Waals surface area (Å²) in [5.74, 6) is 0. The van der Waals surface area contributed by atoms with Gasteiger partial charge in [0.05, 0.1) is 35.3 Å². The van der Waals surface area contributed by atoms with E-state index in [1.54, 1.807) is 0 Å². The Kier molecular flexibility index (Phi) is 3.76. The minimum absolute atomic E-state index is 0.0982. The monoisotopic (exact) mass is 301 g/mol. The fourth-order valence-corrected chi connectivity index (χ4v) is 3.27. The van der Waals surface area contributed by atoms with Crippen LogP contribution in [0.1, 0.15) is 23.6 Å². The number of hydrogen-bond donors (Lipinski definition) is 2. The lowest BCUT2D eigenvalue weighted by atomic mass is 9.86. The number of aliphatic hydroxyl groups excluding tert-OH is 1. The maximum Gasteiger partial charge on any atom is 0.0627 e. The molecule has 1 saturated heterocycles. The van der Waals surface area contributed by atoms with Crippen LogP contribution in [0.4, 0.5) is 0 Å². The van der Waals surface area contributed by atoms with Gasteiger partial charge in [-0.25, -0.2) is 0 Å². The Morgan fingerprint density at radius 2 is 2.16 bits per heavy atom. The molecule has 2 aliphatic rings. The molecule has 104 valence electrons. The van der Waals surface area contributed by atoms with Crippen LogP contribution in [-0.4, -0.2) is 31.5 Å². The average molecular weight is 302 g/mol. The van der Waals surface area contributed by atoms with Gasteiger partial charge in [-0.3, -0.25) is 0 Å². The molecule has 1 aliphatic heterocycles. The molecule has 0 aromatic heterocycles. The molecule has 1 unspecified atom stereocenters. The fraction of sp³-hybridized carbons (Fsp3) is 0.571. The highest BCUT2D eigenvalue weighted by Crippen LogP contribution is 2.39. The van der Waals surface area contributed by atoms with Crippen molar-refractivity contribution in [3.63, 3.8) is 0 Å². The number of hydrogen-bond acceptors (Lipinski definition) is 3. The Hall–Kier alpha value is -0.320. The maximum atomic E-state index is 9.43. The summed E-state index contributed by atoms with van der Waals surface area (Å²) < 4.78 is 5.21. The standard InChI is InChI=1S/C14H17Cl2NO2/c15-11-3-1-9-10(13(11)16)2-4-12(9)17-5-14(6-18)7-19-8-14/h1,3,12,17-18H,2,4-8H2. The second-order valence-corrected chi connectivity index (χ2v) is 6.34. The zero-order chi connectivity index (χ0) is 13.5. The summed E-state index contributed by atoms with van der Waals surface area (Å²) >= 11 is 12.3. The fourth-order valence-electron chi connectivity index (χ4n) is 2.82. The molecule has 0 amide bonds. The molecule has 2 N–H and O–H groups in total. The quantitative estimate of drug-likeness (QED) is 0.898. The number of rotatable bonds is 4. The number of ether oxygens (including phenoxy) is 1. The zero-order valence-electron chi connectivity index (χ0n) is 10.6. The molecule has 0 saturated carbocycles. The molecule has 3 nitrogen and oxygen atoms in total. The number of nitrogens with one attached hydrogen (secondary N) is 1. The van der Waals surface area contributed by atoms with Crippen LogP contribution in [0.5, 0.6) is 0 Å². The van der Waals surface area contributed by atoms with Crippen molar-refractivity contribution in [3.8, 4) is 0 Å². The second-order valence-electron chi connectivity index (χ2n) is 5.55. The first-order valence-electron chi connectivity index (χ1n) is 6.54. The van der Waals surface area contributed by atoms with Crippen molar-refractivity contribution in [2.24, 2.45) is 5.41 Å². The van der Waals surface area contributed by atoms with Gasteiger partial charge in [0.25, 0.3) is 0 Å². The van der Waals surface area contributed by atoms with Gasteiger partial charge in [0.15, 0.2) is 0 Å². The summed E-state index contributed by atoms with van der Waals surface area (Å²) in [5, 5.41) is 14.3. The van der Waals surface area contributed by atoms with E-state index in [0.29, 0.717) is 29.3 Å². The van der Waals surface area contributed by atoms with E-state index in [9.17, 15) is 5.11 Å². The first-order chi connectivity index (χ1) is 9.15. The van der Waals surface area contributed by atoms with Crippen molar-refractivity contribution in [3.05, 3.63) is 33.3 Å². The predicted octanol–water partition coefficient (Wildman–Crippen LogP) is 2.58. The smallest absolute Gasteiger partial charge is 0.0627 e. The van der Waals surface area contributed by atoms with Crippen molar-refractivity contribution in [1.29, 1.82) is 0 Å². The zero-order valence-corrected chi connectivity index (χ0v) is 12.1. The van der Waals surface area contributed by atoms with Gasteiger partial charge in [-0.1, -0.05) is 29.3 Å². The summed E-state index contributed by atoms with van der Waals surface area (Å²) in [6, 6.07) is 4.21. The third-order valence-corrected chi connectivity index (χ3v) is 5.01. The molecule has 0 bridgehead atoms. The molecule has 1 aromatic rings. The van der Waals surface area contributed by atoms with Crippen LogP contribution in [0.15, 0.2) is 12.1 Å². The lowest BCUT2D eigenvalue weighted by Gasteiger charge is -2.40. The van der Waals surface area contributed by atoms with Crippen LogP contribution >= 0.6 is 23.2 Å². The molecule has 0 radical (unpaired) electrons. The number of benzene rings is 1. The molecule has 1 aliphatic carbocycles. The van der Waals surface area contributed by atoms with Gasteiger partial charge in [0.1, 0.15) is 0 Å². The Balaban J connectivity index is 1.71. The summed E-state index contributed by atoms with van der Waals surface area (Å²) in [4.78, 5) is 0. The summed E-state index contributed by atoms with van der Waals surface area (Å²) in [6.45, 7) is 2.21. The van der Waals surface area contributed by atoms with Gasteiger partial charge in [-0.05, 0) is 30.0 Å².